The second kappa shape index (κ2) is 6.07. The third-order valence-corrected chi connectivity index (χ3v) is 3.78. The van der Waals surface area contributed by atoms with Crippen LogP contribution in [0.25, 0.3) is 11.0 Å². The van der Waals surface area contributed by atoms with E-state index in [1.54, 1.807) is 0 Å². The molecule has 122 valence electrons. The van der Waals surface area contributed by atoms with Gasteiger partial charge in [0.05, 0.1) is 10.4 Å². The highest BCUT2D eigenvalue weighted by molar-refractivity contribution is 5.91. The van der Waals surface area contributed by atoms with Crippen molar-refractivity contribution in [2.45, 2.75) is 20.4 Å². The van der Waals surface area contributed by atoms with Gasteiger partial charge < -0.3 is 5.32 Å². The van der Waals surface area contributed by atoms with Gasteiger partial charge >= 0.3 is 0 Å². The van der Waals surface area contributed by atoms with Crippen molar-refractivity contribution < 1.29 is 9.72 Å². The molecule has 1 heterocycles. The summed E-state index contributed by atoms with van der Waals surface area (Å²) in [5.74, 6) is -0.283. The number of hydrogen-bond acceptors (Lipinski definition) is 5. The first-order valence-electron chi connectivity index (χ1n) is 7.29. The van der Waals surface area contributed by atoms with Crippen LogP contribution < -0.4 is 5.32 Å². The summed E-state index contributed by atoms with van der Waals surface area (Å²) in [5, 5.41) is 21.4. The van der Waals surface area contributed by atoms with E-state index in [9.17, 15) is 14.9 Å². The van der Waals surface area contributed by atoms with Gasteiger partial charge in [0.15, 0.2) is 0 Å². The Hall–Kier alpha value is -3.29. The minimum Gasteiger partial charge on any atom is -0.324 e. The molecule has 8 heteroatoms. The summed E-state index contributed by atoms with van der Waals surface area (Å²) in [5.41, 5.74) is 4.20. The number of nitrogens with one attached hydrogen (secondary N) is 1. The van der Waals surface area contributed by atoms with E-state index in [0.717, 1.165) is 22.2 Å². The fourth-order valence-electron chi connectivity index (χ4n) is 2.34. The number of carbonyl (C=O) groups excluding carboxylic acids is 1. The zero-order valence-electron chi connectivity index (χ0n) is 13.2. The van der Waals surface area contributed by atoms with Crippen molar-refractivity contribution in [1.29, 1.82) is 0 Å². The summed E-state index contributed by atoms with van der Waals surface area (Å²) < 4.78 is 1.53. The SMILES string of the molecule is Cc1cc2nnn(CC(=O)Nc3ccc([N+](=O)[O-])cc3)c2cc1C. The van der Waals surface area contributed by atoms with E-state index in [-0.39, 0.29) is 18.1 Å². The average molecular weight is 325 g/mol. The van der Waals surface area contributed by atoms with E-state index in [1.807, 2.05) is 26.0 Å². The summed E-state index contributed by atoms with van der Waals surface area (Å²) >= 11 is 0. The number of benzene rings is 2. The normalized spacial score (nSPS) is 10.8. The number of aromatic nitrogens is 3. The van der Waals surface area contributed by atoms with Crippen LogP contribution in [0.3, 0.4) is 0 Å². The van der Waals surface area contributed by atoms with E-state index >= 15 is 0 Å². The number of carbonyl (C=O) groups is 1. The first-order valence-corrected chi connectivity index (χ1v) is 7.29. The Labute approximate surface area is 137 Å². The molecule has 0 unspecified atom stereocenters. The van der Waals surface area contributed by atoms with Gasteiger partial charge in [-0.2, -0.15) is 0 Å². The van der Waals surface area contributed by atoms with Crippen LogP contribution in [0.1, 0.15) is 11.1 Å². The predicted octanol–water partition coefficient (Wildman–Crippen LogP) is 2.60. The summed E-state index contributed by atoms with van der Waals surface area (Å²) in [7, 11) is 0. The van der Waals surface area contributed by atoms with Gasteiger partial charge in [-0.25, -0.2) is 4.68 Å². The van der Waals surface area contributed by atoms with E-state index in [0.29, 0.717) is 5.69 Å². The third-order valence-electron chi connectivity index (χ3n) is 3.78. The lowest BCUT2D eigenvalue weighted by Gasteiger charge is -2.06. The van der Waals surface area contributed by atoms with Crippen LogP contribution in [-0.4, -0.2) is 25.8 Å². The van der Waals surface area contributed by atoms with Crippen LogP contribution in [-0.2, 0) is 11.3 Å². The first-order chi connectivity index (χ1) is 11.4. The van der Waals surface area contributed by atoms with Gasteiger partial charge in [0.2, 0.25) is 5.91 Å². The van der Waals surface area contributed by atoms with Crippen molar-refractivity contribution in [2.24, 2.45) is 0 Å². The molecule has 0 spiro atoms. The first kappa shape index (κ1) is 15.6. The van der Waals surface area contributed by atoms with E-state index in [4.69, 9.17) is 0 Å². The molecule has 3 aromatic rings. The van der Waals surface area contributed by atoms with Crippen molar-refractivity contribution in [1.82, 2.24) is 15.0 Å². The number of rotatable bonds is 4. The largest absolute Gasteiger partial charge is 0.324 e. The lowest BCUT2D eigenvalue weighted by Crippen LogP contribution is -2.19. The number of hydrogen-bond donors (Lipinski definition) is 1. The van der Waals surface area contributed by atoms with Crippen LogP contribution in [0.15, 0.2) is 36.4 Å². The molecule has 24 heavy (non-hydrogen) atoms. The topological polar surface area (TPSA) is 103 Å². The average Bonchev–Trinajstić information content (AvgIpc) is 2.90. The number of nitro groups is 1. The smallest absolute Gasteiger partial charge is 0.269 e. The molecule has 0 atom stereocenters. The molecule has 0 aliphatic rings. The van der Waals surface area contributed by atoms with Crippen molar-refractivity contribution in [2.75, 3.05) is 5.32 Å². The van der Waals surface area contributed by atoms with Gasteiger partial charge in [0.1, 0.15) is 12.1 Å². The van der Waals surface area contributed by atoms with Gasteiger partial charge in [0, 0.05) is 17.8 Å². The van der Waals surface area contributed by atoms with Crippen molar-refractivity contribution >= 4 is 28.3 Å². The maximum absolute atomic E-state index is 12.2. The molecule has 1 amide bonds. The standard InChI is InChI=1S/C16H15N5O3/c1-10-7-14-15(8-11(10)2)20(19-18-14)9-16(22)17-12-3-5-13(6-4-12)21(23)24/h3-8H,9H2,1-2H3,(H,17,22). The number of anilines is 1. The van der Waals surface area contributed by atoms with Gasteiger partial charge in [-0.1, -0.05) is 5.21 Å². The van der Waals surface area contributed by atoms with E-state index < -0.39 is 4.92 Å². The molecular formula is C16H15N5O3. The fourth-order valence-corrected chi connectivity index (χ4v) is 2.34. The lowest BCUT2D eigenvalue weighted by molar-refractivity contribution is -0.384. The molecule has 8 nitrogen and oxygen atoms in total. The van der Waals surface area contributed by atoms with Crippen LogP contribution in [0.4, 0.5) is 11.4 Å². The maximum atomic E-state index is 12.2. The molecule has 0 radical (unpaired) electrons. The van der Waals surface area contributed by atoms with Crippen molar-refractivity contribution in [3.8, 4) is 0 Å². The van der Waals surface area contributed by atoms with Crippen molar-refractivity contribution in [3.63, 3.8) is 0 Å². The van der Waals surface area contributed by atoms with Gasteiger partial charge in [-0.3, -0.25) is 14.9 Å². The monoisotopic (exact) mass is 325 g/mol. The van der Waals surface area contributed by atoms with Crippen LogP contribution >= 0.6 is 0 Å². The molecule has 2 aromatic carbocycles. The quantitative estimate of drug-likeness (QED) is 0.586. The van der Waals surface area contributed by atoms with Gasteiger partial charge in [-0.15, -0.1) is 5.10 Å². The second-order valence-corrected chi connectivity index (χ2v) is 5.52. The highest BCUT2D eigenvalue weighted by Gasteiger charge is 2.11. The molecule has 0 fully saturated rings. The summed E-state index contributed by atoms with van der Waals surface area (Å²) in [4.78, 5) is 22.3. The Bertz CT molecular complexity index is 931. The second-order valence-electron chi connectivity index (χ2n) is 5.52. The highest BCUT2D eigenvalue weighted by atomic mass is 16.6. The minimum absolute atomic E-state index is 0.00991. The summed E-state index contributed by atoms with van der Waals surface area (Å²) in [6, 6.07) is 9.54. The minimum atomic E-state index is -0.489. The molecule has 1 aromatic heterocycles. The molecule has 0 saturated carbocycles. The molecule has 0 saturated heterocycles. The van der Waals surface area contributed by atoms with Crippen LogP contribution in [0, 0.1) is 24.0 Å². The number of amides is 1. The van der Waals surface area contributed by atoms with Crippen LogP contribution in [0.5, 0.6) is 0 Å². The molecule has 0 bridgehead atoms. The lowest BCUT2D eigenvalue weighted by atomic mass is 10.1. The summed E-state index contributed by atoms with van der Waals surface area (Å²) in [6.45, 7) is 3.99. The number of non-ortho nitro benzene ring substituents is 1. The Morgan fingerprint density at radius 2 is 1.88 bits per heavy atom. The van der Waals surface area contributed by atoms with Crippen LogP contribution in [0.2, 0.25) is 0 Å². The van der Waals surface area contributed by atoms with Crippen molar-refractivity contribution in [3.05, 3.63) is 57.6 Å². The predicted molar refractivity (Wildman–Crippen MR) is 88.7 cm³/mol. The zero-order chi connectivity index (χ0) is 17.3. The maximum Gasteiger partial charge on any atom is 0.269 e. The highest BCUT2D eigenvalue weighted by Crippen LogP contribution is 2.18. The number of nitrogens with zero attached hydrogens (tertiary/aromatic N) is 4. The number of aryl methyl sites for hydroxylation is 2. The van der Waals surface area contributed by atoms with E-state index in [2.05, 4.69) is 15.6 Å². The molecule has 1 N–H and O–H groups in total. The third kappa shape index (κ3) is 3.07. The Morgan fingerprint density at radius 3 is 2.54 bits per heavy atom. The molecule has 3 rings (SSSR count). The molecule has 0 aliphatic heterocycles. The Balaban J connectivity index is 1.75. The molecule has 0 aliphatic carbocycles. The zero-order valence-corrected chi connectivity index (χ0v) is 13.2. The van der Waals surface area contributed by atoms with Gasteiger partial charge in [0.25, 0.3) is 5.69 Å². The number of fused-ring (bicyclic) bond motifs is 1. The fraction of sp³-hybridized carbons (Fsp3) is 0.188. The Kier molecular flexibility index (Phi) is 3.95. The molecular weight excluding hydrogens is 310 g/mol. The van der Waals surface area contributed by atoms with Gasteiger partial charge in [-0.05, 0) is 49.2 Å². The van der Waals surface area contributed by atoms with E-state index in [1.165, 1.54) is 28.9 Å². The summed E-state index contributed by atoms with van der Waals surface area (Å²) in [6.07, 6.45) is 0. The Morgan fingerprint density at radius 1 is 1.21 bits per heavy atom. The number of nitro benzene ring substituents is 1.